The van der Waals surface area contributed by atoms with E-state index in [1.165, 1.54) is 6.92 Å². The predicted octanol–water partition coefficient (Wildman–Crippen LogP) is -0.417. The average Bonchev–Trinajstić information content (AvgIpc) is 2.80. The summed E-state index contributed by atoms with van der Waals surface area (Å²) in [5, 5.41) is 20.2. The second-order valence-electron chi connectivity index (χ2n) is 6.18. The van der Waals surface area contributed by atoms with Crippen LogP contribution in [0.15, 0.2) is 4.99 Å². The molecule has 7 N–H and O–H groups in total. The van der Waals surface area contributed by atoms with Gasteiger partial charge in [-0.2, -0.15) is 0 Å². The number of carbonyl (C=O) groups excluding carboxylic acids is 1. The molecule has 0 aromatic heterocycles. The molecule has 0 aromatic carbocycles. The highest BCUT2D eigenvalue weighted by Gasteiger charge is 2.51. The highest BCUT2D eigenvalue weighted by atomic mass is 16.7. The summed E-state index contributed by atoms with van der Waals surface area (Å²) >= 11 is 0. The summed E-state index contributed by atoms with van der Waals surface area (Å²) in [6.45, 7) is 5.17. The van der Waals surface area contributed by atoms with Gasteiger partial charge in [0.15, 0.2) is 5.96 Å². The van der Waals surface area contributed by atoms with Crippen LogP contribution in [0.25, 0.3) is 0 Å². The number of carboxylic acid groups (broad SMARTS) is 1. The first-order valence-corrected chi connectivity index (χ1v) is 8.15. The molecule has 9 nitrogen and oxygen atoms in total. The fraction of sp³-hybridized carbons (Fsp3) is 0.800. The van der Waals surface area contributed by atoms with Crippen LogP contribution in [0, 0.1) is 17.8 Å². The van der Waals surface area contributed by atoms with Crippen molar-refractivity contribution >= 4 is 17.9 Å². The molecule has 0 amide bonds. The van der Waals surface area contributed by atoms with Crippen LogP contribution in [0.1, 0.15) is 40.0 Å². The molecule has 0 unspecified atom stereocenters. The van der Waals surface area contributed by atoms with Gasteiger partial charge >= 0.3 is 11.9 Å². The van der Waals surface area contributed by atoms with E-state index >= 15 is 0 Å². The third kappa shape index (κ3) is 4.81. The summed E-state index contributed by atoms with van der Waals surface area (Å²) in [7, 11) is 0. The number of carboxylic acids is 1. The van der Waals surface area contributed by atoms with Crippen molar-refractivity contribution in [2.24, 2.45) is 34.2 Å². The SMILES string of the molecule is CCC(CC)[C@@H](NOC(C)=O)[C@H]1[C@@H](O)[C@H](N=C(N)N)C[C@H]1C(=O)O. The molecule has 5 atom stereocenters. The molecule has 1 aliphatic rings. The van der Waals surface area contributed by atoms with Gasteiger partial charge in [-0.15, -0.1) is 5.48 Å². The van der Waals surface area contributed by atoms with Crippen molar-refractivity contribution < 1.29 is 24.6 Å². The zero-order valence-electron chi connectivity index (χ0n) is 14.3. The first-order valence-electron chi connectivity index (χ1n) is 8.15. The molecule has 24 heavy (non-hydrogen) atoms. The van der Waals surface area contributed by atoms with Crippen LogP contribution in [0.3, 0.4) is 0 Å². The van der Waals surface area contributed by atoms with Crippen molar-refractivity contribution in [3.05, 3.63) is 0 Å². The van der Waals surface area contributed by atoms with Gasteiger partial charge in [0.1, 0.15) is 0 Å². The van der Waals surface area contributed by atoms with Crippen LogP contribution in [-0.4, -0.2) is 46.3 Å². The van der Waals surface area contributed by atoms with Gasteiger partial charge in [-0.05, 0) is 12.3 Å². The van der Waals surface area contributed by atoms with Crippen LogP contribution >= 0.6 is 0 Å². The van der Waals surface area contributed by atoms with Crippen LogP contribution in [0.2, 0.25) is 0 Å². The molecular weight excluding hydrogens is 316 g/mol. The standard InChI is InChI=1S/C15H28N4O5/c1-4-8(5-2)12(19-24-7(3)20)11-9(14(22)23)6-10(13(11)21)18-15(16)17/h8-13,19,21H,4-6H2,1-3H3,(H,22,23)(H4,16,17,18)/t9-,10-,11+,12-,13+/m1/s1. The number of rotatable bonds is 8. The maximum Gasteiger partial charge on any atom is 0.321 e. The number of hydrogen-bond donors (Lipinski definition) is 5. The lowest BCUT2D eigenvalue weighted by atomic mass is 9.79. The molecular formula is C15H28N4O5. The summed E-state index contributed by atoms with van der Waals surface area (Å²) in [5.41, 5.74) is 13.4. The molecule has 9 heteroatoms. The molecule has 0 saturated heterocycles. The van der Waals surface area contributed by atoms with Crippen molar-refractivity contribution in [3.63, 3.8) is 0 Å². The number of hydrogen-bond acceptors (Lipinski definition) is 6. The minimum atomic E-state index is -1.05. The molecule has 0 aliphatic heterocycles. The Hall–Kier alpha value is -1.87. The minimum Gasteiger partial charge on any atom is -0.481 e. The third-order valence-electron chi connectivity index (χ3n) is 4.69. The van der Waals surface area contributed by atoms with Gasteiger partial charge < -0.3 is 26.5 Å². The first-order chi connectivity index (χ1) is 11.2. The van der Waals surface area contributed by atoms with E-state index in [1.807, 2.05) is 13.8 Å². The van der Waals surface area contributed by atoms with Crippen molar-refractivity contribution in [2.75, 3.05) is 0 Å². The Morgan fingerprint density at radius 2 is 1.92 bits per heavy atom. The summed E-state index contributed by atoms with van der Waals surface area (Å²) < 4.78 is 0. The Morgan fingerprint density at radius 3 is 2.33 bits per heavy atom. The highest BCUT2D eigenvalue weighted by Crippen LogP contribution is 2.40. The van der Waals surface area contributed by atoms with Crippen molar-refractivity contribution in [3.8, 4) is 0 Å². The lowest BCUT2D eigenvalue weighted by molar-refractivity contribution is -0.155. The molecule has 1 saturated carbocycles. The second kappa shape index (κ2) is 8.84. The average molecular weight is 344 g/mol. The topological polar surface area (TPSA) is 160 Å². The number of aliphatic carboxylic acids is 1. The quantitative estimate of drug-likeness (QED) is 0.225. The zero-order valence-corrected chi connectivity index (χ0v) is 14.3. The summed E-state index contributed by atoms with van der Waals surface area (Å²) in [6, 6.07) is -1.21. The van der Waals surface area contributed by atoms with E-state index in [0.717, 1.165) is 12.8 Å². The Morgan fingerprint density at radius 1 is 1.33 bits per heavy atom. The number of hydroxylamine groups is 1. The third-order valence-corrected chi connectivity index (χ3v) is 4.69. The van der Waals surface area contributed by atoms with E-state index < -0.39 is 42.0 Å². The van der Waals surface area contributed by atoms with Gasteiger partial charge in [0, 0.05) is 12.8 Å². The highest BCUT2D eigenvalue weighted by molar-refractivity contribution is 5.76. The van der Waals surface area contributed by atoms with Crippen molar-refractivity contribution in [1.82, 2.24) is 5.48 Å². The van der Waals surface area contributed by atoms with E-state index in [9.17, 15) is 19.8 Å². The molecule has 0 heterocycles. The van der Waals surface area contributed by atoms with Gasteiger partial charge in [0.05, 0.1) is 24.1 Å². The number of aliphatic imine (C=N–C) groups is 1. The Labute approximate surface area is 141 Å². The molecule has 1 fully saturated rings. The lowest BCUT2D eigenvalue weighted by Crippen LogP contribution is -2.49. The van der Waals surface area contributed by atoms with Crippen molar-refractivity contribution in [2.45, 2.75) is 58.2 Å². The zero-order chi connectivity index (χ0) is 18.4. The molecule has 0 bridgehead atoms. The molecule has 0 spiro atoms. The van der Waals surface area contributed by atoms with Gasteiger partial charge in [-0.1, -0.05) is 26.7 Å². The number of guanidine groups is 1. The van der Waals surface area contributed by atoms with E-state index in [4.69, 9.17) is 16.3 Å². The minimum absolute atomic E-state index is 0.0174. The number of carbonyl (C=O) groups is 2. The number of nitrogens with zero attached hydrogens (tertiary/aromatic N) is 1. The largest absolute Gasteiger partial charge is 0.481 e. The van der Waals surface area contributed by atoms with Crippen molar-refractivity contribution in [1.29, 1.82) is 0 Å². The smallest absolute Gasteiger partial charge is 0.321 e. The molecule has 138 valence electrons. The van der Waals surface area contributed by atoms with Crippen LogP contribution in [0.4, 0.5) is 0 Å². The maximum absolute atomic E-state index is 11.7. The second-order valence-corrected chi connectivity index (χ2v) is 6.18. The van der Waals surface area contributed by atoms with Crippen LogP contribution in [-0.2, 0) is 14.4 Å². The van der Waals surface area contributed by atoms with Gasteiger partial charge in [0.2, 0.25) is 0 Å². The predicted molar refractivity (Wildman–Crippen MR) is 87.6 cm³/mol. The molecule has 0 radical (unpaired) electrons. The summed E-state index contributed by atoms with van der Waals surface area (Å²) in [5.74, 6) is -3.28. The number of nitrogens with two attached hydrogens (primary N) is 2. The lowest BCUT2D eigenvalue weighted by Gasteiger charge is -2.34. The number of aliphatic hydroxyl groups excluding tert-OH is 1. The Bertz CT molecular complexity index is 476. The normalized spacial score (nSPS) is 27.7. The Balaban J connectivity index is 3.16. The van der Waals surface area contributed by atoms with Crippen LogP contribution in [0.5, 0.6) is 0 Å². The van der Waals surface area contributed by atoms with Gasteiger partial charge in [-0.3, -0.25) is 9.59 Å². The molecule has 1 rings (SSSR count). The van der Waals surface area contributed by atoms with E-state index in [0.29, 0.717) is 0 Å². The summed E-state index contributed by atoms with van der Waals surface area (Å²) in [4.78, 5) is 31.7. The van der Waals surface area contributed by atoms with Gasteiger partial charge in [-0.25, -0.2) is 4.99 Å². The number of aliphatic hydroxyl groups is 1. The fourth-order valence-corrected chi connectivity index (χ4v) is 3.54. The van der Waals surface area contributed by atoms with Crippen LogP contribution < -0.4 is 16.9 Å². The fourth-order valence-electron chi connectivity index (χ4n) is 3.54. The summed E-state index contributed by atoms with van der Waals surface area (Å²) in [6.07, 6.45) is 0.537. The van der Waals surface area contributed by atoms with E-state index in [1.54, 1.807) is 0 Å². The van der Waals surface area contributed by atoms with E-state index in [2.05, 4.69) is 10.5 Å². The number of nitrogens with one attached hydrogen (secondary N) is 1. The molecule has 1 aliphatic carbocycles. The monoisotopic (exact) mass is 344 g/mol. The first kappa shape index (κ1) is 20.2. The maximum atomic E-state index is 11.7. The molecule has 0 aromatic rings. The van der Waals surface area contributed by atoms with E-state index in [-0.39, 0.29) is 18.3 Å². The Kier molecular flexibility index (Phi) is 7.43. The van der Waals surface area contributed by atoms with Gasteiger partial charge in [0.25, 0.3) is 0 Å².